The summed E-state index contributed by atoms with van der Waals surface area (Å²) in [7, 11) is 0. The van der Waals surface area contributed by atoms with Crippen molar-refractivity contribution in [1.29, 1.82) is 0 Å². The zero-order valence-electron chi connectivity index (χ0n) is 9.38. The molecule has 1 heterocycles. The molecule has 0 radical (unpaired) electrons. The van der Waals surface area contributed by atoms with Crippen LogP contribution in [0.2, 0.25) is 0 Å². The predicted molar refractivity (Wildman–Crippen MR) is 70.3 cm³/mol. The molecule has 0 saturated carbocycles. The second kappa shape index (κ2) is 5.11. The summed E-state index contributed by atoms with van der Waals surface area (Å²) in [6.07, 6.45) is 7.36. The zero-order valence-corrected chi connectivity index (χ0v) is 11.0. The molecule has 0 aliphatic heterocycles. The number of hydrogen-bond acceptors (Lipinski definition) is 2. The van der Waals surface area contributed by atoms with Crippen LogP contribution in [0.4, 0.5) is 0 Å². The van der Waals surface area contributed by atoms with Crippen molar-refractivity contribution < 1.29 is 0 Å². The minimum absolute atomic E-state index is 0.0268. The molecule has 3 heteroatoms. The molecular formula is C13H17BrN2. The van der Waals surface area contributed by atoms with Gasteiger partial charge in [0, 0.05) is 10.2 Å². The van der Waals surface area contributed by atoms with Crippen LogP contribution in [-0.4, -0.2) is 4.98 Å². The van der Waals surface area contributed by atoms with Gasteiger partial charge in [-0.25, -0.2) is 0 Å². The SMILES string of the molecule is C=CCC(N)c1cc(Br)c2c(n1)CCCC2. The lowest BCUT2D eigenvalue weighted by Gasteiger charge is -2.19. The van der Waals surface area contributed by atoms with Crippen LogP contribution in [0.1, 0.15) is 42.3 Å². The third-order valence-corrected chi connectivity index (χ3v) is 3.77. The molecule has 0 spiro atoms. The van der Waals surface area contributed by atoms with E-state index >= 15 is 0 Å². The van der Waals surface area contributed by atoms with Gasteiger partial charge in [-0.1, -0.05) is 22.0 Å². The van der Waals surface area contributed by atoms with Crippen LogP contribution >= 0.6 is 15.9 Å². The Kier molecular flexibility index (Phi) is 3.77. The summed E-state index contributed by atoms with van der Waals surface area (Å²) in [6, 6.07) is 2.04. The summed E-state index contributed by atoms with van der Waals surface area (Å²) in [5, 5.41) is 0. The molecule has 0 saturated heterocycles. The fourth-order valence-electron chi connectivity index (χ4n) is 2.17. The first-order chi connectivity index (χ1) is 7.72. The molecule has 1 aromatic heterocycles. The lowest BCUT2D eigenvalue weighted by Crippen LogP contribution is -2.15. The summed E-state index contributed by atoms with van der Waals surface area (Å²) in [5.41, 5.74) is 9.64. The molecule has 2 rings (SSSR count). The van der Waals surface area contributed by atoms with Crippen molar-refractivity contribution in [3.63, 3.8) is 0 Å². The minimum Gasteiger partial charge on any atom is -0.322 e. The van der Waals surface area contributed by atoms with E-state index in [9.17, 15) is 0 Å². The Morgan fingerprint density at radius 2 is 2.25 bits per heavy atom. The van der Waals surface area contributed by atoms with Crippen LogP contribution in [0.5, 0.6) is 0 Å². The maximum Gasteiger partial charge on any atom is 0.0588 e. The normalized spacial score (nSPS) is 16.6. The molecule has 0 amide bonds. The number of fused-ring (bicyclic) bond motifs is 1. The van der Waals surface area contributed by atoms with Gasteiger partial charge in [-0.15, -0.1) is 6.58 Å². The average molecular weight is 281 g/mol. The molecular weight excluding hydrogens is 264 g/mol. The summed E-state index contributed by atoms with van der Waals surface area (Å²) in [4.78, 5) is 4.69. The van der Waals surface area contributed by atoms with Crippen molar-refractivity contribution in [3.05, 3.63) is 40.1 Å². The molecule has 1 aliphatic rings. The topological polar surface area (TPSA) is 38.9 Å². The molecule has 1 aliphatic carbocycles. The van der Waals surface area contributed by atoms with Gasteiger partial charge in [0.15, 0.2) is 0 Å². The van der Waals surface area contributed by atoms with Crippen molar-refractivity contribution in [1.82, 2.24) is 4.98 Å². The van der Waals surface area contributed by atoms with Gasteiger partial charge in [-0.3, -0.25) is 4.98 Å². The van der Waals surface area contributed by atoms with Crippen molar-refractivity contribution in [3.8, 4) is 0 Å². The quantitative estimate of drug-likeness (QED) is 0.863. The monoisotopic (exact) mass is 280 g/mol. The molecule has 16 heavy (non-hydrogen) atoms. The number of pyridine rings is 1. The van der Waals surface area contributed by atoms with Crippen LogP contribution in [0.3, 0.4) is 0 Å². The van der Waals surface area contributed by atoms with Crippen molar-refractivity contribution >= 4 is 15.9 Å². The lowest BCUT2D eigenvalue weighted by molar-refractivity contribution is 0.642. The van der Waals surface area contributed by atoms with Crippen LogP contribution < -0.4 is 5.73 Å². The summed E-state index contributed by atoms with van der Waals surface area (Å²) >= 11 is 3.63. The highest BCUT2D eigenvalue weighted by Gasteiger charge is 2.17. The van der Waals surface area contributed by atoms with E-state index in [0.29, 0.717) is 0 Å². The van der Waals surface area contributed by atoms with Gasteiger partial charge in [0.2, 0.25) is 0 Å². The van der Waals surface area contributed by atoms with E-state index < -0.39 is 0 Å². The van der Waals surface area contributed by atoms with E-state index in [-0.39, 0.29) is 6.04 Å². The fraction of sp³-hybridized carbons (Fsp3) is 0.462. The Morgan fingerprint density at radius 1 is 1.50 bits per heavy atom. The standard InChI is InChI=1S/C13H17BrN2/c1-2-5-11(15)13-8-10(14)9-6-3-4-7-12(9)16-13/h2,8,11H,1,3-7,15H2. The Balaban J connectivity index is 2.34. The number of nitrogens with two attached hydrogens (primary N) is 1. The highest BCUT2D eigenvalue weighted by Crippen LogP contribution is 2.29. The third kappa shape index (κ3) is 2.36. The van der Waals surface area contributed by atoms with Gasteiger partial charge in [-0.2, -0.15) is 0 Å². The third-order valence-electron chi connectivity index (χ3n) is 3.07. The molecule has 1 unspecified atom stereocenters. The first-order valence-corrected chi connectivity index (χ1v) is 6.56. The Morgan fingerprint density at radius 3 is 3.00 bits per heavy atom. The number of rotatable bonds is 3. The number of hydrogen-bond donors (Lipinski definition) is 1. The Hall–Kier alpha value is -0.670. The Labute approximate surface area is 105 Å². The highest BCUT2D eigenvalue weighted by atomic mass is 79.9. The van der Waals surface area contributed by atoms with Gasteiger partial charge in [0.05, 0.1) is 11.7 Å². The molecule has 0 bridgehead atoms. The molecule has 1 aromatic rings. The average Bonchev–Trinajstić information content (AvgIpc) is 2.29. The zero-order chi connectivity index (χ0) is 11.5. The number of halogens is 1. The van der Waals surface area contributed by atoms with E-state index in [1.165, 1.54) is 28.6 Å². The van der Waals surface area contributed by atoms with E-state index in [1.807, 2.05) is 6.08 Å². The second-order valence-corrected chi connectivity index (χ2v) is 5.15. The van der Waals surface area contributed by atoms with Crippen LogP contribution in [0, 0.1) is 0 Å². The van der Waals surface area contributed by atoms with Crippen LogP contribution in [-0.2, 0) is 12.8 Å². The van der Waals surface area contributed by atoms with E-state index in [4.69, 9.17) is 5.73 Å². The smallest absolute Gasteiger partial charge is 0.0588 e. The van der Waals surface area contributed by atoms with Crippen molar-refractivity contribution in [2.75, 3.05) is 0 Å². The van der Waals surface area contributed by atoms with Crippen LogP contribution in [0.25, 0.3) is 0 Å². The number of aryl methyl sites for hydroxylation is 1. The van der Waals surface area contributed by atoms with Gasteiger partial charge >= 0.3 is 0 Å². The minimum atomic E-state index is -0.0268. The van der Waals surface area contributed by atoms with Gasteiger partial charge in [-0.05, 0) is 43.7 Å². The summed E-state index contributed by atoms with van der Waals surface area (Å²) in [6.45, 7) is 3.72. The van der Waals surface area contributed by atoms with Crippen molar-refractivity contribution in [2.45, 2.75) is 38.1 Å². The van der Waals surface area contributed by atoms with Gasteiger partial charge in [0.25, 0.3) is 0 Å². The molecule has 1 atom stereocenters. The number of nitrogens with zero attached hydrogens (tertiary/aromatic N) is 1. The molecule has 0 aromatic carbocycles. The second-order valence-electron chi connectivity index (χ2n) is 4.29. The fourth-order valence-corrected chi connectivity index (χ4v) is 2.83. The maximum absolute atomic E-state index is 6.05. The summed E-state index contributed by atoms with van der Waals surface area (Å²) < 4.78 is 1.17. The van der Waals surface area contributed by atoms with E-state index in [2.05, 4.69) is 33.6 Å². The first kappa shape index (κ1) is 11.8. The van der Waals surface area contributed by atoms with E-state index in [0.717, 1.165) is 25.0 Å². The van der Waals surface area contributed by atoms with Gasteiger partial charge in [0.1, 0.15) is 0 Å². The number of aromatic nitrogens is 1. The van der Waals surface area contributed by atoms with Gasteiger partial charge < -0.3 is 5.73 Å². The molecule has 2 nitrogen and oxygen atoms in total. The first-order valence-electron chi connectivity index (χ1n) is 5.77. The molecule has 86 valence electrons. The largest absolute Gasteiger partial charge is 0.322 e. The lowest BCUT2D eigenvalue weighted by atomic mass is 9.95. The van der Waals surface area contributed by atoms with Crippen LogP contribution in [0.15, 0.2) is 23.2 Å². The molecule has 0 fully saturated rings. The summed E-state index contributed by atoms with van der Waals surface area (Å²) in [5.74, 6) is 0. The highest BCUT2D eigenvalue weighted by molar-refractivity contribution is 9.10. The van der Waals surface area contributed by atoms with Crippen molar-refractivity contribution in [2.24, 2.45) is 5.73 Å². The maximum atomic E-state index is 6.05. The van der Waals surface area contributed by atoms with E-state index in [1.54, 1.807) is 0 Å². The molecule has 2 N–H and O–H groups in total. The predicted octanol–water partition coefficient (Wildman–Crippen LogP) is 3.30. The Bertz CT molecular complexity index is 401.